The number of hydrogen-bond donors (Lipinski definition) is 0. The largest absolute Gasteiger partial charge is 0.296 e. The molecule has 0 N–H and O–H groups in total. The first-order chi connectivity index (χ1) is 15.4. The molecule has 0 radical (unpaired) electrons. The molecule has 166 valence electrons. The van der Waals surface area contributed by atoms with Gasteiger partial charge >= 0.3 is 0 Å². The zero-order valence-electron chi connectivity index (χ0n) is 17.3. The molecule has 0 atom stereocenters. The molecule has 5 rings (SSSR count). The molecule has 8 nitrogen and oxygen atoms in total. The second-order valence-electron chi connectivity index (χ2n) is 7.99. The Bertz CT molecular complexity index is 1360. The van der Waals surface area contributed by atoms with E-state index in [9.17, 15) is 8.42 Å². The van der Waals surface area contributed by atoms with Crippen LogP contribution in [0.2, 0.25) is 5.02 Å². The van der Waals surface area contributed by atoms with E-state index in [2.05, 4.69) is 20.4 Å². The van der Waals surface area contributed by atoms with Gasteiger partial charge in [-0.15, -0.1) is 16.4 Å². The molecule has 3 heterocycles. The SMILES string of the molecule is CS(=O)(=O)c1ccc(-n2nnnc2CN2CCC(c3nc4cc(Cl)ccc4s3)CC2)cc1. The third-order valence-corrected chi connectivity index (χ3v) is 8.27. The van der Waals surface area contributed by atoms with E-state index in [4.69, 9.17) is 16.6 Å². The number of nitrogens with zero attached hydrogens (tertiary/aromatic N) is 6. The number of piperidine rings is 1. The Morgan fingerprint density at radius 1 is 1.12 bits per heavy atom. The van der Waals surface area contributed by atoms with Crippen molar-refractivity contribution in [2.75, 3.05) is 19.3 Å². The molecule has 32 heavy (non-hydrogen) atoms. The van der Waals surface area contributed by atoms with Gasteiger partial charge in [0.25, 0.3) is 0 Å². The van der Waals surface area contributed by atoms with Gasteiger partial charge in [0.1, 0.15) is 0 Å². The van der Waals surface area contributed by atoms with Gasteiger partial charge in [-0.05, 0) is 78.8 Å². The third kappa shape index (κ3) is 4.40. The van der Waals surface area contributed by atoms with Gasteiger partial charge in [0.05, 0.1) is 32.4 Å². The van der Waals surface area contributed by atoms with Gasteiger partial charge in [0.2, 0.25) is 0 Å². The number of rotatable bonds is 5. The molecule has 11 heteroatoms. The zero-order chi connectivity index (χ0) is 22.3. The number of likely N-dealkylation sites (tertiary alicyclic amines) is 1. The lowest BCUT2D eigenvalue weighted by atomic mass is 9.97. The molecule has 0 unspecified atom stereocenters. The minimum Gasteiger partial charge on any atom is -0.296 e. The standard InChI is InChI=1S/C21H21ClN6O2S2/c1-32(29,30)17-5-3-16(4-6-17)28-20(24-25-26-28)13-27-10-8-14(9-11-27)21-23-18-12-15(22)2-7-19(18)31-21/h2-7,12,14H,8-11,13H2,1H3. The van der Waals surface area contributed by atoms with Gasteiger partial charge in [-0.25, -0.2) is 13.4 Å². The smallest absolute Gasteiger partial charge is 0.175 e. The van der Waals surface area contributed by atoms with Gasteiger partial charge in [-0.1, -0.05) is 11.6 Å². The van der Waals surface area contributed by atoms with E-state index >= 15 is 0 Å². The predicted molar refractivity (Wildman–Crippen MR) is 124 cm³/mol. The van der Waals surface area contributed by atoms with Crippen molar-refractivity contribution < 1.29 is 8.42 Å². The van der Waals surface area contributed by atoms with Crippen LogP contribution in [-0.2, 0) is 16.4 Å². The maximum absolute atomic E-state index is 11.7. The van der Waals surface area contributed by atoms with E-state index in [0.717, 1.165) is 43.0 Å². The summed E-state index contributed by atoms with van der Waals surface area (Å²) in [5.41, 5.74) is 1.71. The average Bonchev–Trinajstić information content (AvgIpc) is 3.40. The Hall–Kier alpha value is -2.40. The van der Waals surface area contributed by atoms with Gasteiger partial charge < -0.3 is 0 Å². The lowest BCUT2D eigenvalue weighted by Crippen LogP contribution is -2.33. The fraction of sp³-hybridized carbons (Fsp3) is 0.333. The quantitative estimate of drug-likeness (QED) is 0.422. The highest BCUT2D eigenvalue weighted by molar-refractivity contribution is 7.90. The second-order valence-corrected chi connectivity index (χ2v) is 11.5. The first kappa shape index (κ1) is 21.4. The molecular weight excluding hydrogens is 468 g/mol. The fourth-order valence-electron chi connectivity index (χ4n) is 3.97. The Morgan fingerprint density at radius 3 is 2.59 bits per heavy atom. The maximum Gasteiger partial charge on any atom is 0.175 e. The number of aromatic nitrogens is 5. The number of thiazole rings is 1. The summed E-state index contributed by atoms with van der Waals surface area (Å²) in [6.45, 7) is 2.49. The van der Waals surface area contributed by atoms with E-state index in [1.165, 1.54) is 16.0 Å². The molecule has 0 amide bonds. The number of tetrazole rings is 1. The van der Waals surface area contributed by atoms with Crippen molar-refractivity contribution in [3.8, 4) is 5.69 Å². The molecule has 0 bridgehead atoms. The van der Waals surface area contributed by atoms with Gasteiger partial charge in [-0.3, -0.25) is 4.90 Å². The van der Waals surface area contributed by atoms with Crippen LogP contribution in [0.5, 0.6) is 0 Å². The monoisotopic (exact) mass is 488 g/mol. The molecule has 2 aromatic carbocycles. The summed E-state index contributed by atoms with van der Waals surface area (Å²) in [5, 5.41) is 14.0. The van der Waals surface area contributed by atoms with Gasteiger partial charge in [0.15, 0.2) is 15.7 Å². The van der Waals surface area contributed by atoms with E-state index in [1.54, 1.807) is 40.3 Å². The Kier molecular flexibility index (Phi) is 5.70. The van der Waals surface area contributed by atoms with E-state index in [-0.39, 0.29) is 4.90 Å². The van der Waals surface area contributed by atoms with Crippen LogP contribution in [0.4, 0.5) is 0 Å². The molecule has 1 aliphatic rings. The summed E-state index contributed by atoms with van der Waals surface area (Å²) in [7, 11) is -3.24. The molecule has 1 aliphatic heterocycles. The number of hydrogen-bond acceptors (Lipinski definition) is 8. The highest BCUT2D eigenvalue weighted by atomic mass is 35.5. The van der Waals surface area contributed by atoms with Crippen molar-refractivity contribution in [1.82, 2.24) is 30.1 Å². The van der Waals surface area contributed by atoms with E-state index in [1.807, 2.05) is 18.2 Å². The molecule has 4 aromatic rings. The van der Waals surface area contributed by atoms with Crippen LogP contribution in [0.1, 0.15) is 29.6 Å². The summed E-state index contributed by atoms with van der Waals surface area (Å²) in [6.07, 6.45) is 3.24. The lowest BCUT2D eigenvalue weighted by molar-refractivity contribution is 0.199. The molecular formula is C21H21ClN6O2S2. The van der Waals surface area contributed by atoms with Crippen molar-refractivity contribution >= 4 is 43.0 Å². The Morgan fingerprint density at radius 2 is 1.88 bits per heavy atom. The first-order valence-electron chi connectivity index (χ1n) is 10.2. The van der Waals surface area contributed by atoms with Gasteiger partial charge in [0, 0.05) is 17.2 Å². The van der Waals surface area contributed by atoms with Crippen molar-refractivity contribution in [2.45, 2.75) is 30.2 Å². The molecule has 2 aromatic heterocycles. The third-order valence-electron chi connectivity index (χ3n) is 5.71. The van der Waals surface area contributed by atoms with Crippen molar-refractivity contribution in [2.24, 2.45) is 0 Å². The zero-order valence-corrected chi connectivity index (χ0v) is 19.7. The van der Waals surface area contributed by atoms with Crippen LogP contribution in [0.3, 0.4) is 0 Å². The number of fused-ring (bicyclic) bond motifs is 1. The minimum atomic E-state index is -3.24. The molecule has 1 saturated heterocycles. The topological polar surface area (TPSA) is 93.9 Å². The molecule has 0 aliphatic carbocycles. The van der Waals surface area contributed by atoms with E-state index < -0.39 is 9.84 Å². The molecule has 0 spiro atoms. The van der Waals surface area contributed by atoms with Crippen LogP contribution in [0.25, 0.3) is 15.9 Å². The van der Waals surface area contributed by atoms with Crippen LogP contribution in [0, 0.1) is 0 Å². The van der Waals surface area contributed by atoms with Crippen LogP contribution >= 0.6 is 22.9 Å². The molecule has 0 saturated carbocycles. The number of benzene rings is 2. The average molecular weight is 489 g/mol. The summed E-state index contributed by atoms with van der Waals surface area (Å²) >= 11 is 7.85. The fourth-order valence-corrected chi connectivity index (χ4v) is 5.88. The minimum absolute atomic E-state index is 0.273. The predicted octanol–water partition coefficient (Wildman–Crippen LogP) is 3.71. The Balaban J connectivity index is 1.25. The maximum atomic E-state index is 11.7. The lowest BCUT2D eigenvalue weighted by Gasteiger charge is -2.30. The normalized spacial score (nSPS) is 16.1. The summed E-state index contributed by atoms with van der Waals surface area (Å²) < 4.78 is 26.2. The van der Waals surface area contributed by atoms with Crippen molar-refractivity contribution in [3.05, 3.63) is 58.3 Å². The van der Waals surface area contributed by atoms with Crippen molar-refractivity contribution in [3.63, 3.8) is 0 Å². The second kappa shape index (κ2) is 8.51. The Labute approximate surface area is 194 Å². The highest BCUT2D eigenvalue weighted by Gasteiger charge is 2.25. The summed E-state index contributed by atoms with van der Waals surface area (Å²) in [6, 6.07) is 12.5. The summed E-state index contributed by atoms with van der Waals surface area (Å²) in [5.74, 6) is 1.17. The number of halogens is 1. The summed E-state index contributed by atoms with van der Waals surface area (Å²) in [4.78, 5) is 7.43. The van der Waals surface area contributed by atoms with Crippen molar-refractivity contribution in [1.29, 1.82) is 0 Å². The van der Waals surface area contributed by atoms with Crippen LogP contribution in [0.15, 0.2) is 47.4 Å². The molecule has 1 fully saturated rings. The van der Waals surface area contributed by atoms with Gasteiger partial charge in [-0.2, -0.15) is 4.68 Å². The van der Waals surface area contributed by atoms with Crippen LogP contribution < -0.4 is 0 Å². The highest BCUT2D eigenvalue weighted by Crippen LogP contribution is 2.35. The van der Waals surface area contributed by atoms with Crippen LogP contribution in [-0.4, -0.2) is 57.9 Å². The number of sulfone groups is 1. The first-order valence-corrected chi connectivity index (χ1v) is 13.3. The van der Waals surface area contributed by atoms with E-state index in [0.29, 0.717) is 17.5 Å².